The minimum atomic E-state index is -0.151. The van der Waals surface area contributed by atoms with Crippen LogP contribution in [0.3, 0.4) is 0 Å². The van der Waals surface area contributed by atoms with Crippen LogP contribution in [0.5, 0.6) is 0 Å². The van der Waals surface area contributed by atoms with Crippen LogP contribution in [0, 0.1) is 11.7 Å². The zero-order valence-corrected chi connectivity index (χ0v) is 12.0. The van der Waals surface area contributed by atoms with E-state index < -0.39 is 0 Å². The molecule has 0 spiro atoms. The zero-order valence-electron chi connectivity index (χ0n) is 12.0. The number of benzene rings is 1. The molecule has 0 heterocycles. The summed E-state index contributed by atoms with van der Waals surface area (Å²) in [4.78, 5) is 2.42. The molecule has 1 aliphatic carbocycles. The molecule has 1 aromatic rings. The predicted octanol–water partition coefficient (Wildman–Crippen LogP) is 3.21. The highest BCUT2D eigenvalue weighted by Crippen LogP contribution is 2.40. The van der Waals surface area contributed by atoms with E-state index in [9.17, 15) is 4.39 Å². The molecule has 3 heteroatoms. The molecule has 0 aromatic heterocycles. The second-order valence-electron chi connectivity index (χ2n) is 5.35. The van der Waals surface area contributed by atoms with Gasteiger partial charge in [-0.2, -0.15) is 0 Å². The minimum absolute atomic E-state index is 0.151. The lowest BCUT2D eigenvalue weighted by atomic mass is 10.0. The van der Waals surface area contributed by atoms with Crippen molar-refractivity contribution in [2.24, 2.45) is 5.92 Å². The Labute approximate surface area is 116 Å². The fourth-order valence-corrected chi connectivity index (χ4v) is 2.57. The third-order valence-corrected chi connectivity index (χ3v) is 4.01. The minimum Gasteiger partial charge on any atom is -0.308 e. The second-order valence-corrected chi connectivity index (χ2v) is 5.35. The second kappa shape index (κ2) is 7.01. The number of nitrogens with zero attached hydrogens (tertiary/aromatic N) is 1. The van der Waals surface area contributed by atoms with Crippen molar-refractivity contribution in [3.63, 3.8) is 0 Å². The number of rotatable bonds is 8. The van der Waals surface area contributed by atoms with E-state index in [4.69, 9.17) is 0 Å². The lowest BCUT2D eigenvalue weighted by Gasteiger charge is -2.22. The largest absolute Gasteiger partial charge is 0.308 e. The van der Waals surface area contributed by atoms with Gasteiger partial charge in [-0.25, -0.2) is 4.39 Å². The Morgan fingerprint density at radius 2 is 1.84 bits per heavy atom. The van der Waals surface area contributed by atoms with Gasteiger partial charge in [-0.05, 0) is 49.5 Å². The van der Waals surface area contributed by atoms with Gasteiger partial charge in [-0.15, -0.1) is 0 Å². The van der Waals surface area contributed by atoms with Gasteiger partial charge in [-0.3, -0.25) is 0 Å². The maximum Gasteiger partial charge on any atom is 0.123 e. The topological polar surface area (TPSA) is 15.3 Å². The highest BCUT2D eigenvalue weighted by atomic mass is 19.1. The van der Waals surface area contributed by atoms with Gasteiger partial charge in [0, 0.05) is 19.1 Å². The van der Waals surface area contributed by atoms with Gasteiger partial charge >= 0.3 is 0 Å². The molecule has 1 fully saturated rings. The summed E-state index contributed by atoms with van der Waals surface area (Å²) in [5.41, 5.74) is 1.23. The molecule has 106 valence electrons. The van der Waals surface area contributed by atoms with Gasteiger partial charge in [0.25, 0.3) is 0 Å². The van der Waals surface area contributed by atoms with E-state index in [0.717, 1.165) is 32.1 Å². The number of halogens is 1. The molecule has 2 nitrogen and oxygen atoms in total. The fraction of sp³-hybridized carbons (Fsp3) is 0.625. The Bertz CT molecular complexity index is 369. The molecule has 1 atom stereocenters. The zero-order chi connectivity index (χ0) is 13.7. The van der Waals surface area contributed by atoms with Gasteiger partial charge < -0.3 is 10.2 Å². The molecule has 2 rings (SSSR count). The average molecular weight is 264 g/mol. The maximum atomic E-state index is 13.0. The Morgan fingerprint density at radius 3 is 2.37 bits per heavy atom. The summed E-state index contributed by atoms with van der Waals surface area (Å²) in [5.74, 6) is 0.587. The number of hydrogen-bond acceptors (Lipinski definition) is 2. The van der Waals surface area contributed by atoms with E-state index in [2.05, 4.69) is 24.1 Å². The normalized spacial score (nSPS) is 16.8. The van der Waals surface area contributed by atoms with Crippen molar-refractivity contribution >= 4 is 0 Å². The number of nitrogens with one attached hydrogen (secondary N) is 1. The van der Waals surface area contributed by atoms with Crippen molar-refractivity contribution in [3.8, 4) is 0 Å². The summed E-state index contributed by atoms with van der Waals surface area (Å²) >= 11 is 0. The monoisotopic (exact) mass is 264 g/mol. The third kappa shape index (κ3) is 4.29. The molecule has 1 unspecified atom stereocenters. The van der Waals surface area contributed by atoms with Crippen LogP contribution in [0.4, 0.5) is 4.39 Å². The van der Waals surface area contributed by atoms with E-state index in [1.807, 2.05) is 12.1 Å². The first-order valence-electron chi connectivity index (χ1n) is 7.45. The molecule has 0 aliphatic heterocycles. The molecule has 1 aliphatic rings. The Kier molecular flexibility index (Phi) is 5.34. The van der Waals surface area contributed by atoms with Crippen LogP contribution in [-0.2, 0) is 0 Å². The first-order chi connectivity index (χ1) is 9.24. The van der Waals surface area contributed by atoms with Gasteiger partial charge in [0.2, 0.25) is 0 Å². The summed E-state index contributed by atoms with van der Waals surface area (Å²) < 4.78 is 13.0. The van der Waals surface area contributed by atoms with E-state index in [-0.39, 0.29) is 5.82 Å². The molecule has 0 bridgehead atoms. The van der Waals surface area contributed by atoms with Crippen LogP contribution in [0.15, 0.2) is 24.3 Å². The molecule has 1 aromatic carbocycles. The molecule has 1 N–H and O–H groups in total. The highest BCUT2D eigenvalue weighted by molar-refractivity contribution is 5.22. The standard InChI is InChI=1S/C16H25FN2/c1-3-19(4-2)12-11-18-16(13-5-6-13)14-7-9-15(17)10-8-14/h7-10,13,16,18H,3-6,11-12H2,1-2H3. The average Bonchev–Trinajstić information content (AvgIpc) is 3.25. The highest BCUT2D eigenvalue weighted by Gasteiger charge is 2.31. The van der Waals surface area contributed by atoms with Gasteiger partial charge in [0.15, 0.2) is 0 Å². The Balaban J connectivity index is 1.88. The van der Waals surface area contributed by atoms with E-state index in [1.54, 1.807) is 12.1 Å². The number of hydrogen-bond donors (Lipinski definition) is 1. The van der Waals surface area contributed by atoms with E-state index >= 15 is 0 Å². The van der Waals surface area contributed by atoms with Crippen LogP contribution in [0.2, 0.25) is 0 Å². The molecule has 0 amide bonds. The van der Waals surface area contributed by atoms with Gasteiger partial charge in [-0.1, -0.05) is 26.0 Å². The molecular weight excluding hydrogens is 239 g/mol. The molecule has 1 saturated carbocycles. The van der Waals surface area contributed by atoms with Crippen molar-refractivity contribution in [1.82, 2.24) is 10.2 Å². The Morgan fingerprint density at radius 1 is 1.21 bits per heavy atom. The lowest BCUT2D eigenvalue weighted by molar-refractivity contribution is 0.293. The smallest absolute Gasteiger partial charge is 0.123 e. The first-order valence-corrected chi connectivity index (χ1v) is 7.45. The molecule has 0 radical (unpaired) electrons. The number of likely N-dealkylation sites (N-methyl/N-ethyl adjacent to an activating group) is 1. The van der Waals surface area contributed by atoms with Crippen LogP contribution >= 0.6 is 0 Å². The van der Waals surface area contributed by atoms with Crippen LogP contribution < -0.4 is 5.32 Å². The van der Waals surface area contributed by atoms with Crippen LogP contribution in [0.25, 0.3) is 0 Å². The SMILES string of the molecule is CCN(CC)CCNC(c1ccc(F)cc1)C1CC1. The Hall–Kier alpha value is -0.930. The summed E-state index contributed by atoms with van der Waals surface area (Å²) in [6.07, 6.45) is 2.58. The summed E-state index contributed by atoms with van der Waals surface area (Å²) in [7, 11) is 0. The van der Waals surface area contributed by atoms with Crippen LogP contribution in [-0.4, -0.2) is 31.1 Å². The first kappa shape index (κ1) is 14.5. The summed E-state index contributed by atoms with van der Waals surface area (Å²) in [6.45, 7) is 8.67. The molecular formula is C16H25FN2. The van der Waals surface area contributed by atoms with Crippen molar-refractivity contribution in [3.05, 3.63) is 35.6 Å². The van der Waals surface area contributed by atoms with Crippen molar-refractivity contribution in [1.29, 1.82) is 0 Å². The fourth-order valence-electron chi connectivity index (χ4n) is 2.57. The van der Waals surface area contributed by atoms with Crippen LogP contribution in [0.1, 0.15) is 38.3 Å². The summed E-state index contributed by atoms with van der Waals surface area (Å²) in [6, 6.07) is 7.37. The third-order valence-electron chi connectivity index (χ3n) is 4.01. The molecule has 19 heavy (non-hydrogen) atoms. The lowest BCUT2D eigenvalue weighted by Crippen LogP contribution is -2.34. The van der Waals surface area contributed by atoms with Gasteiger partial charge in [0.05, 0.1) is 0 Å². The quantitative estimate of drug-likeness (QED) is 0.775. The summed E-state index contributed by atoms with van der Waals surface area (Å²) in [5, 5.41) is 3.65. The van der Waals surface area contributed by atoms with Crippen molar-refractivity contribution in [2.45, 2.75) is 32.7 Å². The van der Waals surface area contributed by atoms with E-state index in [1.165, 1.54) is 18.4 Å². The predicted molar refractivity (Wildman–Crippen MR) is 77.7 cm³/mol. The van der Waals surface area contributed by atoms with Crippen molar-refractivity contribution in [2.75, 3.05) is 26.2 Å². The van der Waals surface area contributed by atoms with E-state index in [0.29, 0.717) is 6.04 Å². The maximum absolute atomic E-state index is 13.0. The van der Waals surface area contributed by atoms with Gasteiger partial charge in [0.1, 0.15) is 5.82 Å². The molecule has 0 saturated heterocycles. The van der Waals surface area contributed by atoms with Crippen molar-refractivity contribution < 1.29 is 4.39 Å².